The van der Waals surface area contributed by atoms with E-state index >= 15 is 0 Å². The minimum absolute atomic E-state index is 0.134. The van der Waals surface area contributed by atoms with E-state index in [2.05, 4.69) is 4.74 Å². The van der Waals surface area contributed by atoms with E-state index in [0.29, 0.717) is 23.7 Å². The number of hydrogen-bond acceptors (Lipinski definition) is 4. The first kappa shape index (κ1) is 17.5. The minimum Gasteiger partial charge on any atom is -0.469 e. The lowest BCUT2D eigenvalue weighted by atomic mass is 10.1. The molecule has 1 amide bonds. The van der Waals surface area contributed by atoms with E-state index in [1.807, 2.05) is 13.0 Å². The number of carbonyl (C=O) groups is 2. The number of amides is 1. The number of halogens is 1. The largest absolute Gasteiger partial charge is 0.469 e. The van der Waals surface area contributed by atoms with E-state index in [1.165, 1.54) is 7.11 Å². The third-order valence-corrected chi connectivity index (χ3v) is 3.59. The van der Waals surface area contributed by atoms with Crippen LogP contribution in [-0.4, -0.2) is 50.7 Å². The molecule has 0 radical (unpaired) electrons. The first-order chi connectivity index (χ1) is 10.0. The van der Waals surface area contributed by atoms with Crippen molar-refractivity contribution >= 4 is 23.5 Å². The topological polar surface area (TPSA) is 55.8 Å². The fourth-order valence-corrected chi connectivity index (χ4v) is 2.03. The molecule has 1 aromatic rings. The van der Waals surface area contributed by atoms with Gasteiger partial charge in [0, 0.05) is 20.2 Å². The minimum atomic E-state index is -0.361. The fraction of sp³-hybridized carbons (Fsp3) is 0.467. The summed E-state index contributed by atoms with van der Waals surface area (Å²) in [4.78, 5) is 25.4. The molecule has 1 rings (SSSR count). The molecule has 0 spiro atoms. The van der Waals surface area contributed by atoms with Gasteiger partial charge in [0.2, 0.25) is 0 Å². The highest BCUT2D eigenvalue weighted by Crippen LogP contribution is 2.21. The van der Waals surface area contributed by atoms with E-state index in [4.69, 9.17) is 16.3 Å². The van der Waals surface area contributed by atoms with E-state index in [9.17, 15) is 9.59 Å². The molecule has 5 nitrogen and oxygen atoms in total. The third-order valence-electron chi connectivity index (χ3n) is 3.09. The first-order valence-corrected chi connectivity index (χ1v) is 6.99. The van der Waals surface area contributed by atoms with Gasteiger partial charge >= 0.3 is 5.97 Å². The number of aryl methyl sites for hydroxylation is 1. The van der Waals surface area contributed by atoms with E-state index < -0.39 is 0 Å². The van der Waals surface area contributed by atoms with Crippen molar-refractivity contribution in [2.45, 2.75) is 13.3 Å². The van der Waals surface area contributed by atoms with Crippen LogP contribution in [-0.2, 0) is 14.3 Å². The second-order valence-corrected chi connectivity index (χ2v) is 4.93. The van der Waals surface area contributed by atoms with Gasteiger partial charge in [-0.3, -0.25) is 9.59 Å². The molecule has 0 N–H and O–H groups in total. The van der Waals surface area contributed by atoms with E-state index in [0.717, 1.165) is 5.56 Å². The van der Waals surface area contributed by atoms with Crippen LogP contribution in [0.15, 0.2) is 18.2 Å². The van der Waals surface area contributed by atoms with Crippen molar-refractivity contribution in [1.29, 1.82) is 0 Å². The average Bonchev–Trinajstić information content (AvgIpc) is 2.49. The van der Waals surface area contributed by atoms with Crippen LogP contribution in [0.4, 0.5) is 0 Å². The van der Waals surface area contributed by atoms with Crippen molar-refractivity contribution < 1.29 is 19.1 Å². The molecule has 0 aliphatic carbocycles. The predicted octanol–water partition coefficient (Wildman–Crippen LogP) is 2.30. The molecule has 0 atom stereocenters. The summed E-state index contributed by atoms with van der Waals surface area (Å²) in [5, 5.41) is 0.433. The number of hydrogen-bond donors (Lipinski definition) is 0. The normalized spacial score (nSPS) is 10.3. The van der Waals surface area contributed by atoms with Crippen LogP contribution in [0.1, 0.15) is 22.3 Å². The Bertz CT molecular complexity index is 504. The zero-order chi connectivity index (χ0) is 15.8. The Hall–Kier alpha value is -1.59. The zero-order valence-corrected chi connectivity index (χ0v) is 13.3. The second kappa shape index (κ2) is 8.64. The Morgan fingerprint density at radius 2 is 1.95 bits per heavy atom. The Kier molecular flexibility index (Phi) is 7.19. The van der Waals surface area contributed by atoms with Gasteiger partial charge in [-0.1, -0.05) is 23.7 Å². The highest BCUT2D eigenvalue weighted by atomic mass is 35.5. The van der Waals surface area contributed by atoms with Crippen molar-refractivity contribution in [2.75, 3.05) is 33.9 Å². The summed E-state index contributed by atoms with van der Waals surface area (Å²) in [7, 11) is 2.88. The summed E-state index contributed by atoms with van der Waals surface area (Å²) < 4.78 is 9.60. The summed E-state index contributed by atoms with van der Waals surface area (Å²) in [6.45, 7) is 2.87. The van der Waals surface area contributed by atoms with Gasteiger partial charge in [0.1, 0.15) is 0 Å². The Labute approximate surface area is 129 Å². The summed E-state index contributed by atoms with van der Waals surface area (Å²) in [6.07, 6.45) is 0.134. The van der Waals surface area contributed by atoms with Crippen LogP contribution >= 0.6 is 11.6 Å². The molecule has 0 saturated heterocycles. The zero-order valence-electron chi connectivity index (χ0n) is 12.5. The first-order valence-electron chi connectivity index (χ1n) is 6.61. The van der Waals surface area contributed by atoms with Gasteiger partial charge in [0.25, 0.3) is 5.91 Å². The molecule has 0 fully saturated rings. The molecule has 0 aliphatic heterocycles. The molecular weight excluding hydrogens is 294 g/mol. The fourth-order valence-electron chi connectivity index (χ4n) is 1.83. The Balaban J connectivity index is 2.88. The molecule has 0 bridgehead atoms. The molecule has 0 saturated carbocycles. The van der Waals surface area contributed by atoms with Gasteiger partial charge in [0.15, 0.2) is 0 Å². The molecule has 0 unspecified atom stereocenters. The number of nitrogens with zero attached hydrogens (tertiary/aromatic N) is 1. The highest BCUT2D eigenvalue weighted by molar-refractivity contribution is 6.34. The molecule has 0 aliphatic rings. The van der Waals surface area contributed by atoms with Crippen LogP contribution in [0.2, 0.25) is 5.02 Å². The van der Waals surface area contributed by atoms with Crippen LogP contribution in [0.3, 0.4) is 0 Å². The molecule has 21 heavy (non-hydrogen) atoms. The van der Waals surface area contributed by atoms with E-state index in [-0.39, 0.29) is 24.8 Å². The molecule has 0 aromatic heterocycles. The van der Waals surface area contributed by atoms with Crippen molar-refractivity contribution in [2.24, 2.45) is 0 Å². The van der Waals surface area contributed by atoms with E-state index in [1.54, 1.807) is 24.1 Å². The van der Waals surface area contributed by atoms with Crippen molar-refractivity contribution in [3.05, 3.63) is 34.3 Å². The number of esters is 1. The molecule has 0 heterocycles. The number of carbonyl (C=O) groups excluding carboxylic acids is 2. The standard InChI is InChI=1S/C15H20ClNO4/c1-11-5-4-6-12(14(11)16)15(19)17(9-10-20-2)8-7-13(18)21-3/h4-6H,7-10H2,1-3H3. The lowest BCUT2D eigenvalue weighted by Crippen LogP contribution is -2.36. The SMILES string of the molecule is COCCN(CCC(=O)OC)C(=O)c1cccc(C)c1Cl. The van der Waals surface area contributed by atoms with Gasteiger partial charge in [-0.25, -0.2) is 0 Å². The van der Waals surface area contributed by atoms with Gasteiger partial charge < -0.3 is 14.4 Å². The lowest BCUT2D eigenvalue weighted by molar-refractivity contribution is -0.140. The van der Waals surface area contributed by atoms with Crippen LogP contribution in [0.5, 0.6) is 0 Å². The third kappa shape index (κ3) is 5.02. The molecule has 116 valence electrons. The maximum Gasteiger partial charge on any atom is 0.307 e. The molecule has 1 aromatic carbocycles. The maximum absolute atomic E-state index is 12.6. The van der Waals surface area contributed by atoms with Crippen LogP contribution < -0.4 is 0 Å². The number of benzene rings is 1. The average molecular weight is 314 g/mol. The van der Waals surface area contributed by atoms with Crippen LogP contribution in [0.25, 0.3) is 0 Å². The lowest BCUT2D eigenvalue weighted by Gasteiger charge is -2.22. The van der Waals surface area contributed by atoms with Crippen molar-refractivity contribution in [3.8, 4) is 0 Å². The maximum atomic E-state index is 12.6. The van der Waals surface area contributed by atoms with Crippen molar-refractivity contribution in [1.82, 2.24) is 4.90 Å². The quantitative estimate of drug-likeness (QED) is 0.725. The number of methoxy groups -OCH3 is 2. The summed E-state index contributed by atoms with van der Waals surface area (Å²) in [5.41, 5.74) is 1.26. The molecule has 6 heteroatoms. The van der Waals surface area contributed by atoms with Gasteiger partial charge in [-0.05, 0) is 18.6 Å². The second-order valence-electron chi connectivity index (χ2n) is 4.55. The van der Waals surface area contributed by atoms with Crippen molar-refractivity contribution in [3.63, 3.8) is 0 Å². The monoisotopic (exact) mass is 313 g/mol. The Morgan fingerprint density at radius 3 is 2.57 bits per heavy atom. The summed E-state index contributed by atoms with van der Waals surface area (Å²) in [6, 6.07) is 5.30. The smallest absolute Gasteiger partial charge is 0.307 e. The summed E-state index contributed by atoms with van der Waals surface area (Å²) >= 11 is 6.19. The molecular formula is C15H20ClNO4. The van der Waals surface area contributed by atoms with Gasteiger partial charge in [-0.15, -0.1) is 0 Å². The highest BCUT2D eigenvalue weighted by Gasteiger charge is 2.19. The van der Waals surface area contributed by atoms with Gasteiger partial charge in [0.05, 0.1) is 30.7 Å². The van der Waals surface area contributed by atoms with Gasteiger partial charge in [-0.2, -0.15) is 0 Å². The van der Waals surface area contributed by atoms with Crippen LogP contribution in [0, 0.1) is 6.92 Å². The number of rotatable bonds is 7. The number of ether oxygens (including phenoxy) is 2. The summed E-state index contributed by atoms with van der Waals surface area (Å²) in [5.74, 6) is -0.579. The Morgan fingerprint density at radius 1 is 1.24 bits per heavy atom. The predicted molar refractivity (Wildman–Crippen MR) is 80.6 cm³/mol.